The van der Waals surface area contributed by atoms with Gasteiger partial charge >= 0.3 is 5.97 Å². The van der Waals surface area contributed by atoms with Crippen molar-refractivity contribution >= 4 is 40.8 Å². The summed E-state index contributed by atoms with van der Waals surface area (Å²) in [6, 6.07) is 4.98. The van der Waals surface area contributed by atoms with Crippen molar-refractivity contribution in [1.82, 2.24) is 10.6 Å². The minimum Gasteiger partial charge on any atom is -0.465 e. The minimum atomic E-state index is -0.844. The number of esters is 1. The van der Waals surface area contributed by atoms with Crippen LogP contribution in [0, 0.1) is 5.92 Å². The Kier molecular flexibility index (Phi) is 5.27. The third kappa shape index (κ3) is 4.00. The van der Waals surface area contributed by atoms with Gasteiger partial charge in [0.2, 0.25) is 5.91 Å². The number of rotatable bonds is 4. The Bertz CT molecular complexity index is 553. The van der Waals surface area contributed by atoms with E-state index in [-0.39, 0.29) is 13.2 Å². The molecule has 2 atom stereocenters. The Labute approximate surface area is 132 Å². The van der Waals surface area contributed by atoms with E-state index in [0.717, 1.165) is 0 Å². The molecule has 1 amide bonds. The van der Waals surface area contributed by atoms with E-state index in [0.29, 0.717) is 15.7 Å². The zero-order valence-corrected chi connectivity index (χ0v) is 12.8. The lowest BCUT2D eigenvalue weighted by Crippen LogP contribution is -2.61. The van der Waals surface area contributed by atoms with Crippen LogP contribution in [0.5, 0.6) is 0 Å². The molecule has 0 saturated carbocycles. The molecule has 2 rings (SSSR count). The maximum Gasteiger partial charge on any atom is 0.319 e. The fraction of sp³-hybridized carbons (Fsp3) is 0.385. The van der Waals surface area contributed by atoms with E-state index in [4.69, 9.17) is 27.9 Å². The zero-order valence-electron chi connectivity index (χ0n) is 11.3. The predicted molar refractivity (Wildman–Crippen MR) is 80.1 cm³/mol. The van der Waals surface area contributed by atoms with Crippen molar-refractivity contribution in [2.45, 2.75) is 13.2 Å². The molecule has 1 heterocycles. The molecule has 0 bridgehead atoms. The number of benzene rings is 1. The van der Waals surface area contributed by atoms with Gasteiger partial charge in [-0.2, -0.15) is 0 Å². The highest BCUT2D eigenvalue weighted by Crippen LogP contribution is 2.25. The first-order valence-electron chi connectivity index (χ1n) is 6.43. The Morgan fingerprint density at radius 2 is 2.24 bits per heavy atom. The van der Waals surface area contributed by atoms with Gasteiger partial charge in [-0.1, -0.05) is 23.2 Å². The summed E-state index contributed by atoms with van der Waals surface area (Å²) >= 11 is 11.9. The first-order chi connectivity index (χ1) is 10.0. The molecule has 3 N–H and O–H groups in total. The van der Waals surface area contributed by atoms with E-state index in [2.05, 4.69) is 16.0 Å². The molecular weight excluding hydrogens is 317 g/mol. The predicted octanol–water partition coefficient (Wildman–Crippen LogP) is 1.59. The van der Waals surface area contributed by atoms with Crippen molar-refractivity contribution in [3.63, 3.8) is 0 Å². The smallest absolute Gasteiger partial charge is 0.319 e. The van der Waals surface area contributed by atoms with Gasteiger partial charge in [-0.05, 0) is 25.1 Å². The van der Waals surface area contributed by atoms with Crippen molar-refractivity contribution in [2.75, 3.05) is 18.5 Å². The third-order valence-corrected chi connectivity index (χ3v) is 3.48. The molecule has 1 saturated heterocycles. The number of halogens is 2. The van der Waals surface area contributed by atoms with Crippen LogP contribution in [0.1, 0.15) is 6.92 Å². The Hall–Kier alpha value is -1.50. The van der Waals surface area contributed by atoms with Crippen molar-refractivity contribution < 1.29 is 14.3 Å². The van der Waals surface area contributed by atoms with E-state index in [1.54, 1.807) is 25.1 Å². The number of anilines is 1. The highest BCUT2D eigenvalue weighted by Gasteiger charge is 2.34. The zero-order chi connectivity index (χ0) is 15.4. The van der Waals surface area contributed by atoms with Gasteiger partial charge in [0.15, 0.2) is 6.29 Å². The standard InChI is InChI=1S/C13H15Cl2N3O3/c1-2-21-12(20)8-6-16-13(18-11(8)19)17-10-4-3-7(14)5-9(10)15/h3-5,8,13,16-17H,2,6H2,1H3,(H,18,19). The third-order valence-electron chi connectivity index (χ3n) is 2.93. The van der Waals surface area contributed by atoms with Crippen LogP contribution in [0.15, 0.2) is 18.2 Å². The van der Waals surface area contributed by atoms with Crippen molar-refractivity contribution in [2.24, 2.45) is 5.92 Å². The lowest BCUT2D eigenvalue weighted by Gasteiger charge is -2.30. The van der Waals surface area contributed by atoms with Crippen LogP contribution in [0.3, 0.4) is 0 Å². The lowest BCUT2D eigenvalue weighted by atomic mass is 10.1. The van der Waals surface area contributed by atoms with Gasteiger partial charge in [0.05, 0.1) is 17.3 Å². The van der Waals surface area contributed by atoms with Gasteiger partial charge in [-0.25, -0.2) is 0 Å². The van der Waals surface area contributed by atoms with Crippen LogP contribution < -0.4 is 16.0 Å². The first kappa shape index (κ1) is 15.9. The number of nitrogens with one attached hydrogen (secondary N) is 3. The van der Waals surface area contributed by atoms with Crippen molar-refractivity contribution in [3.8, 4) is 0 Å². The maximum atomic E-state index is 11.9. The average molecular weight is 332 g/mol. The van der Waals surface area contributed by atoms with E-state index < -0.39 is 24.1 Å². The SMILES string of the molecule is CCOC(=O)C1CNC(Nc2ccc(Cl)cc2Cl)NC1=O. The fourth-order valence-electron chi connectivity index (χ4n) is 1.90. The lowest BCUT2D eigenvalue weighted by molar-refractivity contribution is -0.153. The molecule has 1 aliphatic heterocycles. The van der Waals surface area contributed by atoms with E-state index in [9.17, 15) is 9.59 Å². The number of ether oxygens (including phenoxy) is 1. The highest BCUT2D eigenvalue weighted by molar-refractivity contribution is 6.36. The highest BCUT2D eigenvalue weighted by atomic mass is 35.5. The molecule has 21 heavy (non-hydrogen) atoms. The summed E-state index contributed by atoms with van der Waals surface area (Å²) in [6.45, 7) is 2.12. The quantitative estimate of drug-likeness (QED) is 0.576. The van der Waals surface area contributed by atoms with Crippen LogP contribution in [0.2, 0.25) is 10.0 Å². The molecule has 1 fully saturated rings. The van der Waals surface area contributed by atoms with Gasteiger partial charge in [0.25, 0.3) is 0 Å². The number of amides is 1. The van der Waals surface area contributed by atoms with E-state index in [1.165, 1.54) is 0 Å². The summed E-state index contributed by atoms with van der Waals surface area (Å²) in [5, 5.41) is 9.61. The molecule has 2 unspecified atom stereocenters. The Balaban J connectivity index is 1.96. The maximum absolute atomic E-state index is 11.9. The second-order valence-corrected chi connectivity index (χ2v) is 5.27. The molecule has 0 spiro atoms. The van der Waals surface area contributed by atoms with Gasteiger partial charge in [-0.15, -0.1) is 0 Å². The number of hydrogen-bond acceptors (Lipinski definition) is 5. The normalized spacial score (nSPS) is 21.6. The Morgan fingerprint density at radius 1 is 1.48 bits per heavy atom. The minimum absolute atomic E-state index is 0.188. The molecule has 0 aliphatic carbocycles. The number of hydrogen-bond donors (Lipinski definition) is 3. The molecule has 1 aliphatic rings. The molecule has 1 aromatic rings. The summed E-state index contributed by atoms with van der Waals surface area (Å²) in [5.41, 5.74) is 0.619. The molecule has 114 valence electrons. The Morgan fingerprint density at radius 3 is 2.86 bits per heavy atom. The van der Waals surface area contributed by atoms with Gasteiger partial charge in [0.1, 0.15) is 5.92 Å². The van der Waals surface area contributed by atoms with Gasteiger partial charge in [0, 0.05) is 11.6 Å². The van der Waals surface area contributed by atoms with E-state index >= 15 is 0 Å². The second-order valence-electron chi connectivity index (χ2n) is 4.42. The van der Waals surface area contributed by atoms with Crippen molar-refractivity contribution in [1.29, 1.82) is 0 Å². The van der Waals surface area contributed by atoms with Gasteiger partial charge < -0.3 is 15.4 Å². The summed E-state index contributed by atoms with van der Waals surface area (Å²) in [4.78, 5) is 23.5. The molecule has 8 heteroatoms. The van der Waals surface area contributed by atoms with Crippen LogP contribution in [0.4, 0.5) is 5.69 Å². The topological polar surface area (TPSA) is 79.5 Å². The number of carbonyl (C=O) groups is 2. The van der Waals surface area contributed by atoms with Crippen LogP contribution >= 0.6 is 23.2 Å². The van der Waals surface area contributed by atoms with Crippen LogP contribution in [0.25, 0.3) is 0 Å². The largest absolute Gasteiger partial charge is 0.465 e. The van der Waals surface area contributed by atoms with Crippen LogP contribution in [-0.2, 0) is 14.3 Å². The average Bonchev–Trinajstić information content (AvgIpc) is 2.42. The summed E-state index contributed by atoms with van der Waals surface area (Å²) < 4.78 is 4.84. The molecular formula is C13H15Cl2N3O3. The van der Waals surface area contributed by atoms with Crippen LogP contribution in [-0.4, -0.2) is 31.3 Å². The van der Waals surface area contributed by atoms with Crippen molar-refractivity contribution in [3.05, 3.63) is 28.2 Å². The summed E-state index contributed by atoms with van der Waals surface area (Å²) in [6.07, 6.45) is -0.526. The molecule has 0 aromatic heterocycles. The second kappa shape index (κ2) is 6.98. The molecule has 1 aromatic carbocycles. The monoisotopic (exact) mass is 331 g/mol. The number of carbonyl (C=O) groups excluding carboxylic acids is 2. The first-order valence-corrected chi connectivity index (χ1v) is 7.19. The molecule has 6 nitrogen and oxygen atoms in total. The van der Waals surface area contributed by atoms with E-state index in [1.807, 2.05) is 0 Å². The summed E-state index contributed by atoms with van der Waals surface area (Å²) in [5.74, 6) is -1.77. The molecule has 0 radical (unpaired) electrons. The fourth-order valence-corrected chi connectivity index (χ4v) is 2.37. The van der Waals surface area contributed by atoms with Gasteiger partial charge in [-0.3, -0.25) is 14.9 Å². The summed E-state index contributed by atoms with van der Waals surface area (Å²) in [7, 11) is 0.